The zero-order valence-electron chi connectivity index (χ0n) is 31.1. The van der Waals surface area contributed by atoms with Crippen LogP contribution in [-0.4, -0.2) is 60.8 Å². The number of Topliss-reactive ketones (excluding diaryl/α,β-unsaturated/α-hetero) is 1. The van der Waals surface area contributed by atoms with E-state index in [1.165, 1.54) is 26.0 Å². The Morgan fingerprint density at radius 2 is 1.75 bits per heavy atom. The molecule has 0 spiro atoms. The number of ketones is 1. The summed E-state index contributed by atoms with van der Waals surface area (Å²) in [5, 5.41) is 31.5. The number of fused-ring (bicyclic) bond motifs is 2. The number of hydrogen-bond donors (Lipinski definition) is 2. The summed E-state index contributed by atoms with van der Waals surface area (Å²) in [5.41, 5.74) is 3.26. The van der Waals surface area contributed by atoms with E-state index in [-0.39, 0.29) is 36.6 Å². The first kappa shape index (κ1) is 38.8. The Bertz CT molecular complexity index is 2510. The van der Waals surface area contributed by atoms with Crippen LogP contribution in [0, 0.1) is 23.5 Å². The van der Waals surface area contributed by atoms with Crippen LogP contribution in [0.5, 0.6) is 0 Å². The molecule has 0 amide bonds. The monoisotopic (exact) mass is 789 g/mol. The van der Waals surface area contributed by atoms with Crippen molar-refractivity contribution in [2.75, 3.05) is 6.26 Å². The summed E-state index contributed by atoms with van der Waals surface area (Å²) < 4.78 is 57.3. The zero-order valence-corrected chi connectivity index (χ0v) is 32.7. The Hall–Kier alpha value is -4.48. The van der Waals surface area contributed by atoms with Crippen LogP contribution in [0.25, 0.3) is 22.0 Å². The fraction of sp³-hybridized carbons (Fsp3) is 0.415. The third-order valence-electron chi connectivity index (χ3n) is 10.1. The van der Waals surface area contributed by atoms with Crippen molar-refractivity contribution in [3.8, 4) is 23.0 Å². The molecule has 55 heavy (non-hydrogen) atoms. The van der Waals surface area contributed by atoms with Crippen molar-refractivity contribution in [3.63, 3.8) is 0 Å². The van der Waals surface area contributed by atoms with E-state index in [1.54, 1.807) is 40.7 Å². The number of rotatable bonds is 11. The minimum absolute atomic E-state index is 0.0203. The van der Waals surface area contributed by atoms with E-state index in [2.05, 4.69) is 16.9 Å². The minimum Gasteiger partial charge on any atom is -0.383 e. The highest BCUT2D eigenvalue weighted by Crippen LogP contribution is 2.47. The van der Waals surface area contributed by atoms with Crippen LogP contribution in [-0.2, 0) is 58.8 Å². The number of aryl methyl sites for hydroxylation is 1. The fourth-order valence-electron chi connectivity index (χ4n) is 7.64. The molecule has 7 rings (SSSR count). The Morgan fingerprint density at radius 3 is 2.42 bits per heavy atom. The molecule has 0 aliphatic heterocycles. The van der Waals surface area contributed by atoms with E-state index >= 15 is 0 Å². The third-order valence-corrected chi connectivity index (χ3v) is 11.2. The summed E-state index contributed by atoms with van der Waals surface area (Å²) >= 11 is 6.70. The van der Waals surface area contributed by atoms with Gasteiger partial charge < -0.3 is 10.2 Å². The number of nitrogens with zero attached hydrogens (tertiary/aromatic N) is 5. The van der Waals surface area contributed by atoms with Gasteiger partial charge in [-0.1, -0.05) is 23.6 Å². The van der Waals surface area contributed by atoms with Crippen LogP contribution in [0.2, 0.25) is 5.02 Å². The first-order chi connectivity index (χ1) is 25.9. The van der Waals surface area contributed by atoms with Gasteiger partial charge in [0.15, 0.2) is 15.6 Å². The molecule has 1 fully saturated rings. The number of aliphatic hydroxyl groups is 2. The molecule has 0 radical (unpaired) electrons. The summed E-state index contributed by atoms with van der Waals surface area (Å²) in [7, 11) is -1.81. The van der Waals surface area contributed by atoms with Crippen LogP contribution in [0.3, 0.4) is 0 Å². The molecule has 2 N–H and O–H groups in total. The summed E-state index contributed by atoms with van der Waals surface area (Å²) in [6.07, 6.45) is 5.74. The number of hydrogen-bond acceptors (Lipinski definition) is 8. The standard InChI is InChI=1S/C41H42ClF2N5O5S/c1-40(2,51)14-13-28-9-10-30(31-11-12-33(42)36-34(23-55(4,53)54)46-48(3)38(31)36)37(45-28)25(17-24-18-26(43)21-27(44)19-24)20-29(50)22-49-35-8-6-5-7-32(35)39(47-49)41(52)15-16-41/h9-12,18-19,21,25,51-52H,5-8,15-17,20,22-23H2,1-4H3/t25-/m1/s1. The van der Waals surface area contributed by atoms with Gasteiger partial charge in [0.1, 0.15) is 28.5 Å². The summed E-state index contributed by atoms with van der Waals surface area (Å²) in [6.45, 7) is 3.01. The van der Waals surface area contributed by atoms with Gasteiger partial charge in [0.25, 0.3) is 0 Å². The largest absolute Gasteiger partial charge is 0.383 e. The molecule has 3 heterocycles. The first-order valence-corrected chi connectivity index (χ1v) is 20.7. The maximum absolute atomic E-state index is 14.6. The van der Waals surface area contributed by atoms with Gasteiger partial charge in [0.05, 0.1) is 39.9 Å². The molecule has 0 bridgehead atoms. The van der Waals surface area contributed by atoms with Crippen molar-refractivity contribution in [3.05, 3.63) is 98.7 Å². The van der Waals surface area contributed by atoms with Crippen molar-refractivity contribution in [2.45, 2.75) is 94.6 Å². The van der Waals surface area contributed by atoms with Crippen molar-refractivity contribution in [1.29, 1.82) is 0 Å². The molecular formula is C41H42ClF2N5O5S. The smallest absolute Gasteiger partial charge is 0.154 e. The van der Waals surface area contributed by atoms with Crippen molar-refractivity contribution < 1.29 is 32.2 Å². The van der Waals surface area contributed by atoms with E-state index in [0.29, 0.717) is 62.5 Å². The van der Waals surface area contributed by atoms with Gasteiger partial charge in [0, 0.05) is 53.9 Å². The molecule has 14 heteroatoms. The lowest BCUT2D eigenvalue weighted by Crippen LogP contribution is -2.20. The van der Waals surface area contributed by atoms with Gasteiger partial charge in [-0.05, 0) is 106 Å². The lowest BCUT2D eigenvalue weighted by atomic mass is 9.86. The topological polar surface area (TPSA) is 140 Å². The van der Waals surface area contributed by atoms with Gasteiger partial charge in [-0.25, -0.2) is 22.2 Å². The zero-order chi connectivity index (χ0) is 39.4. The van der Waals surface area contributed by atoms with E-state index in [9.17, 15) is 32.2 Å². The van der Waals surface area contributed by atoms with Crippen LogP contribution in [0.4, 0.5) is 8.78 Å². The highest BCUT2D eigenvalue weighted by atomic mass is 35.5. The third kappa shape index (κ3) is 8.53. The van der Waals surface area contributed by atoms with Crippen molar-refractivity contribution in [1.82, 2.24) is 24.5 Å². The van der Waals surface area contributed by atoms with E-state index in [1.807, 2.05) is 0 Å². The number of benzene rings is 2. The summed E-state index contributed by atoms with van der Waals surface area (Å²) in [5.74, 6) is 2.87. The quantitative estimate of drug-likeness (QED) is 0.149. The molecule has 0 unspecified atom stereocenters. The average Bonchev–Trinajstić information content (AvgIpc) is 3.61. The molecule has 2 aromatic carbocycles. The van der Waals surface area contributed by atoms with Gasteiger partial charge in [-0.3, -0.25) is 14.2 Å². The molecular weight excluding hydrogens is 748 g/mol. The first-order valence-electron chi connectivity index (χ1n) is 18.2. The summed E-state index contributed by atoms with van der Waals surface area (Å²) in [4.78, 5) is 19.2. The number of carbonyl (C=O) groups is 1. The molecule has 1 atom stereocenters. The molecule has 288 valence electrons. The Labute approximate surface area is 323 Å². The lowest BCUT2D eigenvalue weighted by Gasteiger charge is -2.21. The average molecular weight is 790 g/mol. The number of pyridine rings is 1. The normalized spacial score (nSPS) is 15.7. The maximum Gasteiger partial charge on any atom is 0.154 e. The van der Waals surface area contributed by atoms with Gasteiger partial charge in [-0.15, -0.1) is 0 Å². The molecule has 10 nitrogen and oxygen atoms in total. The second-order valence-electron chi connectivity index (χ2n) is 15.5. The highest BCUT2D eigenvalue weighted by Gasteiger charge is 2.47. The van der Waals surface area contributed by atoms with E-state index < -0.39 is 38.6 Å². The summed E-state index contributed by atoms with van der Waals surface area (Å²) in [6, 6.07) is 10.1. The molecule has 5 aromatic rings. The highest BCUT2D eigenvalue weighted by molar-refractivity contribution is 7.89. The number of aromatic nitrogens is 5. The molecule has 2 aliphatic carbocycles. The predicted molar refractivity (Wildman–Crippen MR) is 205 cm³/mol. The van der Waals surface area contributed by atoms with Crippen LogP contribution in [0.1, 0.15) is 91.5 Å². The lowest BCUT2D eigenvalue weighted by molar-refractivity contribution is -0.120. The van der Waals surface area contributed by atoms with Crippen molar-refractivity contribution in [2.24, 2.45) is 7.05 Å². The van der Waals surface area contributed by atoms with Gasteiger partial charge >= 0.3 is 0 Å². The Balaban J connectivity index is 1.38. The van der Waals surface area contributed by atoms with Crippen LogP contribution >= 0.6 is 11.6 Å². The second kappa shape index (κ2) is 14.5. The van der Waals surface area contributed by atoms with E-state index in [0.717, 1.165) is 49.3 Å². The Kier molecular flexibility index (Phi) is 10.3. The van der Waals surface area contributed by atoms with E-state index in [4.69, 9.17) is 21.7 Å². The predicted octanol–water partition coefficient (Wildman–Crippen LogP) is 6.28. The SMILES string of the molecule is Cn1nc(CS(C)(=O)=O)c2c(Cl)ccc(-c3ccc(C#CC(C)(C)O)nc3[C@@H](CC(=O)Cn3nc(C4(O)CC4)c4c3CCCC4)Cc3cc(F)cc(F)c3)c21. The number of carbonyl (C=O) groups excluding carboxylic acids is 1. The van der Waals surface area contributed by atoms with Crippen molar-refractivity contribution >= 4 is 38.1 Å². The molecule has 0 saturated heterocycles. The number of sulfone groups is 1. The molecule has 2 aliphatic rings. The van der Waals surface area contributed by atoms with Crippen LogP contribution < -0.4 is 0 Å². The van der Waals surface area contributed by atoms with Gasteiger partial charge in [0.2, 0.25) is 0 Å². The maximum atomic E-state index is 14.6. The fourth-order valence-corrected chi connectivity index (χ4v) is 8.60. The molecule has 1 saturated carbocycles. The number of halogens is 3. The molecule has 3 aromatic heterocycles. The minimum atomic E-state index is -3.49. The van der Waals surface area contributed by atoms with Gasteiger partial charge in [-0.2, -0.15) is 10.2 Å². The van der Waals surface area contributed by atoms with Crippen LogP contribution in [0.15, 0.2) is 42.5 Å². The Morgan fingerprint density at radius 1 is 1.05 bits per heavy atom. The second-order valence-corrected chi connectivity index (χ2v) is 18.0.